The molecule has 1 saturated heterocycles. The molecule has 3 aromatic rings. The van der Waals surface area contributed by atoms with Gasteiger partial charge in [-0.3, -0.25) is 38.5 Å². The van der Waals surface area contributed by atoms with Gasteiger partial charge in [-0.2, -0.15) is 17.9 Å². The molecule has 376 valence electrons. The van der Waals surface area contributed by atoms with E-state index in [1.54, 1.807) is 47.4 Å². The van der Waals surface area contributed by atoms with Gasteiger partial charge in [0, 0.05) is 62.7 Å². The van der Waals surface area contributed by atoms with Crippen LogP contribution in [0, 0.1) is 5.41 Å². The Balaban J connectivity index is 1.35. The van der Waals surface area contributed by atoms with Crippen molar-refractivity contribution in [2.45, 2.75) is 88.1 Å². The summed E-state index contributed by atoms with van der Waals surface area (Å²) < 4.78 is 67.4. The first kappa shape index (κ1) is 55.4. The Bertz CT molecular complexity index is 2440. The van der Waals surface area contributed by atoms with Gasteiger partial charge in [0.2, 0.25) is 39.6 Å². The summed E-state index contributed by atoms with van der Waals surface area (Å²) in [6.07, 6.45) is -2.42. The third-order valence-electron chi connectivity index (χ3n) is 10.8. The zero-order valence-corrected chi connectivity index (χ0v) is 39.5. The molecule has 2 aromatic carbocycles. The number of hydrogen-bond donors (Lipinski definition) is 8. The SMILES string of the molecule is CC(C)(C)[C@H](NC(=O)[C@H](Cc1ccncc1)NC(=O)CNC(=O)CC[C@H](NS(=O)(=O)c1ccc(Cl)c(C(F)(F)F)c1)C(=O)O)C(=O)Nc1ccc(C(=O)N2CCN(C(=O)[C@@H](N)CCCN)CC2)cc1. The van der Waals surface area contributed by atoms with E-state index in [0.717, 1.165) is 6.07 Å². The van der Waals surface area contributed by atoms with Crippen molar-refractivity contribution in [1.82, 2.24) is 35.5 Å². The average molecular weight is 1010 g/mol. The molecule has 1 aliphatic heterocycles. The molecule has 25 heteroatoms. The Morgan fingerprint density at radius 3 is 2.04 bits per heavy atom. The molecule has 0 unspecified atom stereocenters. The van der Waals surface area contributed by atoms with Crippen LogP contribution in [0.15, 0.2) is 71.9 Å². The van der Waals surface area contributed by atoms with E-state index in [0.29, 0.717) is 68.4 Å². The topological polar surface area (TPSA) is 305 Å². The van der Waals surface area contributed by atoms with Crippen LogP contribution in [0.1, 0.15) is 67.9 Å². The minimum absolute atomic E-state index is 0.0891. The standard InChI is InChI=1S/C44H56ClF3N10O10S/c1-43(2,3)37(39(62)53-28-8-6-27(7-9-28)40(63)57-19-21-58(22-20-57)41(64)32(50)5-4-16-49)55-38(61)34(23-26-14-17-51-18-15-26)54-36(60)25-52-35(59)13-12-33(42(65)66)56-69(67,68)29-10-11-31(45)30(24-29)44(46,47)48/h6-11,14-15,17-18,24,32-34,37,56H,4-5,12-13,16,19-23,25,49-50H2,1-3H3,(H,52,59)(H,53,62)(H,54,60)(H,55,61)(H,65,66)/t32-,33-,34-,37+/m0/s1. The molecule has 0 radical (unpaired) electrons. The Kier molecular flexibility index (Phi) is 19.6. The van der Waals surface area contributed by atoms with Crippen molar-refractivity contribution in [2.24, 2.45) is 16.9 Å². The maximum absolute atomic E-state index is 13.9. The van der Waals surface area contributed by atoms with Gasteiger partial charge >= 0.3 is 12.1 Å². The second kappa shape index (κ2) is 24.4. The lowest BCUT2D eigenvalue weighted by Crippen LogP contribution is -2.57. The summed E-state index contributed by atoms with van der Waals surface area (Å²) in [6, 6.07) is 5.86. The first-order valence-electron chi connectivity index (χ1n) is 21.6. The van der Waals surface area contributed by atoms with Gasteiger partial charge in [0.1, 0.15) is 18.1 Å². The van der Waals surface area contributed by atoms with Crippen molar-refractivity contribution in [3.8, 4) is 0 Å². The third-order valence-corrected chi connectivity index (χ3v) is 12.6. The fourth-order valence-electron chi connectivity index (χ4n) is 6.97. The smallest absolute Gasteiger partial charge is 0.417 e. The zero-order valence-electron chi connectivity index (χ0n) is 38.0. The number of anilines is 1. The number of carboxylic acids is 1. The van der Waals surface area contributed by atoms with Crippen molar-refractivity contribution in [3.05, 3.63) is 88.7 Å². The lowest BCUT2D eigenvalue weighted by atomic mass is 9.85. The van der Waals surface area contributed by atoms with Gasteiger partial charge < -0.3 is 47.6 Å². The molecule has 20 nitrogen and oxygen atoms in total. The number of alkyl halides is 3. The fourth-order valence-corrected chi connectivity index (χ4v) is 8.44. The molecule has 0 aliphatic carbocycles. The monoisotopic (exact) mass is 1010 g/mol. The molecule has 1 fully saturated rings. The van der Waals surface area contributed by atoms with Gasteiger partial charge in [0.25, 0.3) is 5.91 Å². The van der Waals surface area contributed by atoms with Crippen LogP contribution in [0.25, 0.3) is 0 Å². The number of pyridine rings is 1. The molecule has 0 saturated carbocycles. The van der Waals surface area contributed by atoms with Crippen molar-refractivity contribution < 1.29 is 60.3 Å². The molecule has 69 heavy (non-hydrogen) atoms. The highest BCUT2D eigenvalue weighted by atomic mass is 35.5. The van der Waals surface area contributed by atoms with Crippen molar-refractivity contribution >= 4 is 68.7 Å². The van der Waals surface area contributed by atoms with E-state index in [1.165, 1.54) is 36.7 Å². The normalized spacial score (nSPS) is 15.0. The Hall–Kier alpha value is -6.21. The number of piperazine rings is 1. The van der Waals surface area contributed by atoms with Crippen LogP contribution in [-0.2, 0) is 51.4 Å². The van der Waals surface area contributed by atoms with Crippen LogP contribution in [0.5, 0.6) is 0 Å². The van der Waals surface area contributed by atoms with E-state index in [2.05, 4.69) is 26.3 Å². The number of aliphatic carboxylic acids is 1. The minimum Gasteiger partial charge on any atom is -0.480 e. The number of halogens is 4. The maximum atomic E-state index is 13.9. The fraction of sp³-hybridized carbons (Fsp3) is 0.455. The first-order valence-corrected chi connectivity index (χ1v) is 23.5. The number of aromatic nitrogens is 1. The lowest BCUT2D eigenvalue weighted by molar-refractivity contribution is -0.139. The highest BCUT2D eigenvalue weighted by molar-refractivity contribution is 7.89. The number of benzene rings is 2. The third kappa shape index (κ3) is 16.5. The number of nitrogens with two attached hydrogens (primary N) is 2. The second-order valence-corrected chi connectivity index (χ2v) is 19.3. The molecular weight excluding hydrogens is 953 g/mol. The number of amides is 6. The summed E-state index contributed by atoms with van der Waals surface area (Å²) in [5.41, 5.74) is 10.4. The molecule has 0 bridgehead atoms. The van der Waals surface area contributed by atoms with Gasteiger partial charge in [0.15, 0.2) is 0 Å². The van der Waals surface area contributed by atoms with E-state index in [4.69, 9.17) is 23.1 Å². The summed E-state index contributed by atoms with van der Waals surface area (Å²) in [7, 11) is -4.86. The molecule has 2 heterocycles. The largest absolute Gasteiger partial charge is 0.480 e. The predicted octanol–water partition coefficient (Wildman–Crippen LogP) is 1.63. The highest BCUT2D eigenvalue weighted by Crippen LogP contribution is 2.36. The van der Waals surface area contributed by atoms with E-state index in [-0.39, 0.29) is 24.3 Å². The number of rotatable bonds is 21. The number of hydrogen-bond acceptors (Lipinski definition) is 12. The molecule has 6 amide bonds. The van der Waals surface area contributed by atoms with Crippen LogP contribution in [0.3, 0.4) is 0 Å². The number of nitrogens with one attached hydrogen (secondary N) is 5. The summed E-state index contributed by atoms with van der Waals surface area (Å²) in [5.74, 6) is -5.39. The molecule has 4 atom stereocenters. The maximum Gasteiger partial charge on any atom is 0.417 e. The van der Waals surface area contributed by atoms with E-state index in [9.17, 15) is 60.3 Å². The minimum atomic E-state index is -5.01. The summed E-state index contributed by atoms with van der Waals surface area (Å²) >= 11 is 5.56. The van der Waals surface area contributed by atoms with Gasteiger partial charge in [0.05, 0.1) is 28.1 Å². The van der Waals surface area contributed by atoms with Gasteiger partial charge in [-0.1, -0.05) is 32.4 Å². The molecule has 1 aromatic heterocycles. The van der Waals surface area contributed by atoms with Crippen LogP contribution < -0.4 is 37.5 Å². The van der Waals surface area contributed by atoms with Crippen molar-refractivity contribution in [3.63, 3.8) is 0 Å². The highest BCUT2D eigenvalue weighted by Gasteiger charge is 2.37. The number of carboxylic acid groups (broad SMARTS) is 1. The average Bonchev–Trinajstić information content (AvgIpc) is 3.29. The number of nitrogens with zero attached hydrogens (tertiary/aromatic N) is 3. The Morgan fingerprint density at radius 2 is 1.46 bits per heavy atom. The van der Waals surface area contributed by atoms with E-state index < -0.39 is 110 Å². The first-order chi connectivity index (χ1) is 32.3. The van der Waals surface area contributed by atoms with E-state index in [1.807, 2.05) is 0 Å². The number of carbonyl (C=O) groups is 7. The number of sulfonamides is 1. The Labute approximate surface area is 401 Å². The molecule has 1 aliphatic rings. The number of carbonyl (C=O) groups excluding carboxylic acids is 6. The predicted molar refractivity (Wildman–Crippen MR) is 246 cm³/mol. The van der Waals surface area contributed by atoms with Crippen LogP contribution in [0.4, 0.5) is 18.9 Å². The van der Waals surface area contributed by atoms with Gasteiger partial charge in [-0.25, -0.2) is 8.42 Å². The molecule has 4 rings (SSSR count). The van der Waals surface area contributed by atoms with Crippen LogP contribution in [-0.4, -0.2) is 133 Å². The summed E-state index contributed by atoms with van der Waals surface area (Å²) in [4.78, 5) is 97.8. The second-order valence-electron chi connectivity index (χ2n) is 17.2. The zero-order chi connectivity index (χ0) is 51.3. The summed E-state index contributed by atoms with van der Waals surface area (Å²) in [5, 5.41) is 19.1. The lowest BCUT2D eigenvalue weighted by Gasteiger charge is -2.36. The molecule has 0 spiro atoms. The Morgan fingerprint density at radius 1 is 0.841 bits per heavy atom. The quantitative estimate of drug-likeness (QED) is 0.0754. The molecular formula is C44H56ClF3N10O10S. The van der Waals surface area contributed by atoms with Crippen LogP contribution >= 0.6 is 11.6 Å². The van der Waals surface area contributed by atoms with Crippen molar-refractivity contribution in [1.29, 1.82) is 0 Å². The van der Waals surface area contributed by atoms with E-state index >= 15 is 0 Å². The van der Waals surface area contributed by atoms with Crippen LogP contribution in [0.2, 0.25) is 5.02 Å². The van der Waals surface area contributed by atoms with Crippen molar-refractivity contribution in [2.75, 3.05) is 44.6 Å². The van der Waals surface area contributed by atoms with Gasteiger partial charge in [-0.05, 0) is 91.4 Å². The summed E-state index contributed by atoms with van der Waals surface area (Å²) in [6.45, 7) is 6.06. The molecule has 10 N–H and O–H groups in total. The van der Waals surface area contributed by atoms with Gasteiger partial charge in [-0.15, -0.1) is 0 Å².